The highest BCUT2D eigenvalue weighted by molar-refractivity contribution is 9.09. The van der Waals surface area contributed by atoms with Gasteiger partial charge in [-0.3, -0.25) is 0 Å². The molecule has 1 aromatic carbocycles. The zero-order valence-corrected chi connectivity index (χ0v) is 11.5. The Labute approximate surface area is 108 Å². The molecule has 0 amide bonds. The molecule has 88 valence electrons. The molecule has 0 aliphatic heterocycles. The quantitative estimate of drug-likeness (QED) is 0.735. The van der Waals surface area contributed by atoms with E-state index < -0.39 is 5.82 Å². The summed E-state index contributed by atoms with van der Waals surface area (Å²) < 4.78 is 18.7. The smallest absolute Gasteiger partial charge is 0.142 e. The Balaban J connectivity index is 2.08. The summed E-state index contributed by atoms with van der Waals surface area (Å²) in [5, 5.41) is 0.102. The van der Waals surface area contributed by atoms with E-state index in [4.69, 9.17) is 16.3 Å². The Morgan fingerprint density at radius 3 is 2.69 bits per heavy atom. The van der Waals surface area contributed by atoms with Gasteiger partial charge in [0.25, 0.3) is 0 Å². The minimum absolute atomic E-state index is 0.0981. The maximum atomic E-state index is 13.0. The van der Waals surface area contributed by atoms with Crippen molar-refractivity contribution in [2.24, 2.45) is 5.41 Å². The fourth-order valence-corrected chi connectivity index (χ4v) is 2.56. The standard InChI is InChI=1S/C12H13BrClFO/c1-12(2)10(13)6-11(12)16-7-3-4-9(15)8(14)5-7/h3-5,10-11H,6H2,1-2H3. The largest absolute Gasteiger partial charge is 0.490 e. The Kier molecular flexibility index (Phi) is 3.19. The first-order valence-electron chi connectivity index (χ1n) is 5.17. The summed E-state index contributed by atoms with van der Waals surface area (Å²) in [6.45, 7) is 4.29. The molecular formula is C12H13BrClFO. The minimum atomic E-state index is -0.416. The summed E-state index contributed by atoms with van der Waals surface area (Å²) >= 11 is 9.29. The molecule has 0 aromatic heterocycles. The maximum absolute atomic E-state index is 13.0. The number of halogens is 3. The highest BCUT2D eigenvalue weighted by atomic mass is 79.9. The summed E-state index contributed by atoms with van der Waals surface area (Å²) in [5.74, 6) is 0.212. The van der Waals surface area contributed by atoms with E-state index in [1.54, 1.807) is 6.07 Å². The normalized spacial score (nSPS) is 27.3. The van der Waals surface area contributed by atoms with Gasteiger partial charge in [-0.15, -0.1) is 0 Å². The van der Waals surface area contributed by atoms with Crippen LogP contribution in [-0.4, -0.2) is 10.9 Å². The van der Waals surface area contributed by atoms with Gasteiger partial charge >= 0.3 is 0 Å². The first-order valence-corrected chi connectivity index (χ1v) is 6.46. The Bertz CT molecular complexity index is 408. The van der Waals surface area contributed by atoms with Gasteiger partial charge in [-0.1, -0.05) is 41.4 Å². The van der Waals surface area contributed by atoms with Gasteiger partial charge in [-0.05, 0) is 18.6 Å². The van der Waals surface area contributed by atoms with Crippen LogP contribution in [0.15, 0.2) is 18.2 Å². The molecule has 1 aromatic rings. The van der Waals surface area contributed by atoms with Gasteiger partial charge in [0, 0.05) is 16.3 Å². The van der Waals surface area contributed by atoms with E-state index in [1.165, 1.54) is 12.1 Å². The summed E-state index contributed by atoms with van der Waals surface area (Å²) in [6, 6.07) is 4.46. The lowest BCUT2D eigenvalue weighted by atomic mass is 9.69. The van der Waals surface area contributed by atoms with Crippen molar-refractivity contribution in [2.45, 2.75) is 31.2 Å². The van der Waals surface area contributed by atoms with E-state index >= 15 is 0 Å². The van der Waals surface area contributed by atoms with Gasteiger partial charge in [-0.2, -0.15) is 0 Å². The number of ether oxygens (including phenoxy) is 1. The third-order valence-electron chi connectivity index (χ3n) is 3.23. The molecule has 1 aliphatic rings. The molecular weight excluding hydrogens is 294 g/mol. The summed E-state index contributed by atoms with van der Waals surface area (Å²) in [7, 11) is 0. The molecule has 1 saturated carbocycles. The third kappa shape index (κ3) is 2.07. The minimum Gasteiger partial charge on any atom is -0.490 e. The predicted molar refractivity (Wildman–Crippen MR) is 66.9 cm³/mol. The molecule has 0 radical (unpaired) electrons. The van der Waals surface area contributed by atoms with Gasteiger partial charge in [0.05, 0.1) is 5.02 Å². The fraction of sp³-hybridized carbons (Fsp3) is 0.500. The molecule has 16 heavy (non-hydrogen) atoms. The van der Waals surface area contributed by atoms with Crippen molar-refractivity contribution in [3.63, 3.8) is 0 Å². The highest BCUT2D eigenvalue weighted by Crippen LogP contribution is 2.47. The second kappa shape index (κ2) is 4.19. The second-order valence-corrected chi connectivity index (χ2v) is 6.22. The van der Waals surface area contributed by atoms with Crippen molar-refractivity contribution in [1.29, 1.82) is 0 Å². The average molecular weight is 308 g/mol. The molecule has 1 fully saturated rings. The number of hydrogen-bond donors (Lipinski definition) is 0. The van der Waals surface area contributed by atoms with Crippen molar-refractivity contribution < 1.29 is 9.13 Å². The molecule has 0 spiro atoms. The number of benzene rings is 1. The molecule has 2 atom stereocenters. The molecule has 0 N–H and O–H groups in total. The van der Waals surface area contributed by atoms with E-state index in [2.05, 4.69) is 29.8 Å². The van der Waals surface area contributed by atoms with Crippen LogP contribution in [0.2, 0.25) is 5.02 Å². The van der Waals surface area contributed by atoms with Crippen molar-refractivity contribution >= 4 is 27.5 Å². The van der Waals surface area contributed by atoms with E-state index in [-0.39, 0.29) is 16.5 Å². The zero-order chi connectivity index (χ0) is 11.9. The van der Waals surface area contributed by atoms with E-state index in [0.29, 0.717) is 10.6 Å². The van der Waals surface area contributed by atoms with Crippen LogP contribution in [-0.2, 0) is 0 Å². The monoisotopic (exact) mass is 306 g/mol. The van der Waals surface area contributed by atoms with Crippen LogP contribution in [0.1, 0.15) is 20.3 Å². The van der Waals surface area contributed by atoms with Gasteiger partial charge in [-0.25, -0.2) is 4.39 Å². The Hall–Kier alpha value is -0.280. The molecule has 2 rings (SSSR count). The van der Waals surface area contributed by atoms with Crippen LogP contribution in [0.3, 0.4) is 0 Å². The number of rotatable bonds is 2. The van der Waals surface area contributed by atoms with Crippen LogP contribution in [0, 0.1) is 11.2 Å². The van der Waals surface area contributed by atoms with Crippen molar-refractivity contribution in [1.82, 2.24) is 0 Å². The van der Waals surface area contributed by atoms with Gasteiger partial charge < -0.3 is 4.74 Å². The van der Waals surface area contributed by atoms with Crippen LogP contribution in [0.5, 0.6) is 5.75 Å². The van der Waals surface area contributed by atoms with E-state index in [0.717, 1.165) is 6.42 Å². The van der Waals surface area contributed by atoms with Gasteiger partial charge in [0.1, 0.15) is 17.7 Å². The number of alkyl halides is 1. The third-order valence-corrected chi connectivity index (χ3v) is 5.07. The maximum Gasteiger partial charge on any atom is 0.142 e. The summed E-state index contributed by atoms with van der Waals surface area (Å²) in [4.78, 5) is 0.473. The predicted octanol–water partition coefficient (Wildman–Crippen LogP) is 4.42. The van der Waals surface area contributed by atoms with Crippen molar-refractivity contribution in [3.8, 4) is 5.75 Å². The first kappa shape index (κ1) is 12.2. The zero-order valence-electron chi connectivity index (χ0n) is 9.14. The van der Waals surface area contributed by atoms with Gasteiger partial charge in [0.2, 0.25) is 0 Å². The highest BCUT2D eigenvalue weighted by Gasteiger charge is 2.48. The lowest BCUT2D eigenvalue weighted by Crippen LogP contribution is -2.53. The second-order valence-electron chi connectivity index (χ2n) is 4.71. The lowest BCUT2D eigenvalue weighted by Gasteiger charge is -2.48. The SMILES string of the molecule is CC1(C)C(Br)CC1Oc1ccc(F)c(Cl)c1. The van der Waals surface area contributed by atoms with Crippen LogP contribution >= 0.6 is 27.5 Å². The van der Waals surface area contributed by atoms with Gasteiger partial charge in [0.15, 0.2) is 0 Å². The van der Waals surface area contributed by atoms with E-state index in [1.807, 2.05) is 0 Å². The van der Waals surface area contributed by atoms with E-state index in [9.17, 15) is 4.39 Å². The number of hydrogen-bond acceptors (Lipinski definition) is 1. The first-order chi connectivity index (χ1) is 7.41. The average Bonchev–Trinajstić information content (AvgIpc) is 2.23. The van der Waals surface area contributed by atoms with Crippen LogP contribution in [0.25, 0.3) is 0 Å². The van der Waals surface area contributed by atoms with Crippen molar-refractivity contribution in [3.05, 3.63) is 29.0 Å². The molecule has 0 saturated heterocycles. The lowest BCUT2D eigenvalue weighted by molar-refractivity contribution is -0.00782. The molecule has 4 heteroatoms. The van der Waals surface area contributed by atoms with Crippen LogP contribution in [0.4, 0.5) is 4.39 Å². The summed E-state index contributed by atoms with van der Waals surface area (Å²) in [6.07, 6.45) is 1.11. The molecule has 0 bridgehead atoms. The Morgan fingerprint density at radius 1 is 1.50 bits per heavy atom. The van der Waals surface area contributed by atoms with Crippen LogP contribution < -0.4 is 4.74 Å². The molecule has 1 aliphatic carbocycles. The summed E-state index contributed by atoms with van der Waals surface area (Å²) in [5.41, 5.74) is 0.0981. The topological polar surface area (TPSA) is 9.23 Å². The molecule has 1 nitrogen and oxygen atoms in total. The fourth-order valence-electron chi connectivity index (χ4n) is 1.75. The molecule has 2 unspecified atom stereocenters. The molecule has 0 heterocycles. The van der Waals surface area contributed by atoms with Crippen molar-refractivity contribution in [2.75, 3.05) is 0 Å². The Morgan fingerprint density at radius 2 is 2.19 bits per heavy atom.